The number of nitrogens with zero attached hydrogens (tertiary/aromatic N) is 2. The number of carbonyl (C=O) groups is 3. The number of anilines is 1. The second-order valence-corrected chi connectivity index (χ2v) is 8.59. The van der Waals surface area contributed by atoms with Crippen molar-refractivity contribution in [1.29, 1.82) is 0 Å². The summed E-state index contributed by atoms with van der Waals surface area (Å²) in [7, 11) is 2.55. The van der Waals surface area contributed by atoms with Crippen molar-refractivity contribution in [2.45, 2.75) is 32.6 Å². The van der Waals surface area contributed by atoms with Crippen LogP contribution in [0.5, 0.6) is 0 Å². The minimum Gasteiger partial charge on any atom is -0.465 e. The average Bonchev–Trinajstić information content (AvgIpc) is 2.80. The van der Waals surface area contributed by atoms with Crippen molar-refractivity contribution in [3.63, 3.8) is 0 Å². The van der Waals surface area contributed by atoms with Gasteiger partial charge in [-0.2, -0.15) is 0 Å². The third kappa shape index (κ3) is 5.97. The molecular weight excluding hydrogens is 398 g/mol. The number of esters is 2. The van der Waals surface area contributed by atoms with Gasteiger partial charge in [0.25, 0.3) is 0 Å². The molecule has 2 heterocycles. The molecule has 2 aliphatic rings. The normalized spacial score (nSPS) is 18.5. The largest absolute Gasteiger partial charge is 0.465 e. The third-order valence-corrected chi connectivity index (χ3v) is 6.38. The summed E-state index contributed by atoms with van der Waals surface area (Å²) in [4.78, 5) is 41.1. The molecule has 2 saturated heterocycles. The number of ether oxygens (including phenoxy) is 2. The van der Waals surface area contributed by atoms with Crippen molar-refractivity contribution < 1.29 is 23.9 Å². The molecule has 8 heteroatoms. The highest BCUT2D eigenvalue weighted by atomic mass is 16.5. The molecule has 1 N–H and O–H groups in total. The highest BCUT2D eigenvalue weighted by molar-refractivity contribution is 6.03. The van der Waals surface area contributed by atoms with Crippen molar-refractivity contribution in [1.82, 2.24) is 9.80 Å². The van der Waals surface area contributed by atoms with E-state index in [9.17, 15) is 14.4 Å². The predicted octanol–water partition coefficient (Wildman–Crippen LogP) is 3.24. The van der Waals surface area contributed by atoms with Crippen LogP contribution in [0, 0.1) is 11.8 Å². The zero-order valence-corrected chi connectivity index (χ0v) is 18.7. The summed E-state index contributed by atoms with van der Waals surface area (Å²) < 4.78 is 9.54. The molecule has 0 saturated carbocycles. The second-order valence-electron chi connectivity index (χ2n) is 8.59. The van der Waals surface area contributed by atoms with Crippen LogP contribution in [0.4, 0.5) is 10.5 Å². The molecule has 0 atom stereocenters. The number of piperidine rings is 2. The van der Waals surface area contributed by atoms with Crippen LogP contribution in [0.2, 0.25) is 0 Å². The number of carbonyl (C=O) groups excluding carboxylic acids is 3. The number of hydrogen-bond acceptors (Lipinski definition) is 6. The summed E-state index contributed by atoms with van der Waals surface area (Å²) >= 11 is 0. The lowest BCUT2D eigenvalue weighted by atomic mass is 9.93. The van der Waals surface area contributed by atoms with Gasteiger partial charge in [0, 0.05) is 19.6 Å². The van der Waals surface area contributed by atoms with E-state index < -0.39 is 11.9 Å². The van der Waals surface area contributed by atoms with Gasteiger partial charge in [-0.3, -0.25) is 0 Å². The molecule has 0 aliphatic carbocycles. The van der Waals surface area contributed by atoms with Crippen LogP contribution in [0.1, 0.15) is 53.3 Å². The topological polar surface area (TPSA) is 88.2 Å². The smallest absolute Gasteiger partial charge is 0.339 e. The summed E-state index contributed by atoms with van der Waals surface area (Å²) in [5.41, 5.74) is 0.682. The molecule has 3 rings (SSSR count). The van der Waals surface area contributed by atoms with Crippen LogP contribution in [-0.2, 0) is 9.47 Å². The van der Waals surface area contributed by atoms with Gasteiger partial charge in [-0.1, -0.05) is 6.92 Å². The van der Waals surface area contributed by atoms with Gasteiger partial charge in [0.1, 0.15) is 0 Å². The number of likely N-dealkylation sites (tertiary alicyclic amines) is 2. The maximum Gasteiger partial charge on any atom is 0.339 e. The third-order valence-electron chi connectivity index (χ3n) is 6.38. The fourth-order valence-electron chi connectivity index (χ4n) is 4.30. The van der Waals surface area contributed by atoms with E-state index in [0.29, 0.717) is 19.0 Å². The molecule has 0 radical (unpaired) electrons. The van der Waals surface area contributed by atoms with Crippen LogP contribution >= 0.6 is 0 Å². The van der Waals surface area contributed by atoms with Crippen LogP contribution in [0.25, 0.3) is 0 Å². The zero-order valence-electron chi connectivity index (χ0n) is 18.7. The Labute approximate surface area is 183 Å². The first-order valence-corrected chi connectivity index (χ1v) is 11.0. The van der Waals surface area contributed by atoms with E-state index in [1.165, 1.54) is 58.3 Å². The Morgan fingerprint density at radius 1 is 0.968 bits per heavy atom. The summed E-state index contributed by atoms with van der Waals surface area (Å²) in [6.07, 6.45) is 4.47. The lowest BCUT2D eigenvalue weighted by Crippen LogP contribution is -2.44. The Morgan fingerprint density at radius 2 is 1.61 bits per heavy atom. The molecule has 1 aromatic carbocycles. The Balaban J connectivity index is 1.59. The molecule has 0 spiro atoms. The zero-order chi connectivity index (χ0) is 22.4. The molecule has 1 aromatic rings. The monoisotopic (exact) mass is 431 g/mol. The maximum atomic E-state index is 12.9. The number of methoxy groups -OCH3 is 2. The molecule has 0 unspecified atom stereocenters. The molecule has 0 bridgehead atoms. The molecule has 2 amide bonds. The van der Waals surface area contributed by atoms with Crippen LogP contribution in [0.15, 0.2) is 18.2 Å². The Hall–Kier alpha value is -2.61. The van der Waals surface area contributed by atoms with Crippen LogP contribution in [-0.4, -0.2) is 74.7 Å². The number of nitrogens with one attached hydrogen (secondary N) is 1. The first-order chi connectivity index (χ1) is 14.9. The van der Waals surface area contributed by atoms with Crippen LogP contribution < -0.4 is 5.32 Å². The summed E-state index contributed by atoms with van der Waals surface area (Å²) in [5.74, 6) is 0.307. The summed E-state index contributed by atoms with van der Waals surface area (Å²) in [5, 5.41) is 2.78. The highest BCUT2D eigenvalue weighted by Crippen LogP contribution is 2.24. The minimum absolute atomic E-state index is 0.192. The Morgan fingerprint density at radius 3 is 2.23 bits per heavy atom. The predicted molar refractivity (Wildman–Crippen MR) is 117 cm³/mol. The lowest BCUT2D eigenvalue weighted by molar-refractivity contribution is 0.0587. The van der Waals surface area contributed by atoms with Gasteiger partial charge >= 0.3 is 18.0 Å². The van der Waals surface area contributed by atoms with E-state index in [4.69, 9.17) is 9.47 Å². The van der Waals surface area contributed by atoms with Gasteiger partial charge in [0.05, 0.1) is 31.0 Å². The van der Waals surface area contributed by atoms with E-state index >= 15 is 0 Å². The number of amides is 2. The van der Waals surface area contributed by atoms with Crippen molar-refractivity contribution in [3.05, 3.63) is 29.3 Å². The van der Waals surface area contributed by atoms with E-state index in [2.05, 4.69) is 17.1 Å². The first kappa shape index (κ1) is 23.1. The van der Waals surface area contributed by atoms with Gasteiger partial charge in [0.2, 0.25) is 0 Å². The molecule has 0 aromatic heterocycles. The molecule has 2 aliphatic heterocycles. The van der Waals surface area contributed by atoms with Crippen molar-refractivity contribution in [2.75, 3.05) is 52.3 Å². The first-order valence-electron chi connectivity index (χ1n) is 11.0. The van der Waals surface area contributed by atoms with Gasteiger partial charge in [-0.25, -0.2) is 14.4 Å². The number of urea groups is 1. The molecule has 31 heavy (non-hydrogen) atoms. The fourth-order valence-corrected chi connectivity index (χ4v) is 4.30. The molecule has 170 valence electrons. The quantitative estimate of drug-likeness (QED) is 0.720. The van der Waals surface area contributed by atoms with Crippen molar-refractivity contribution >= 4 is 23.7 Å². The van der Waals surface area contributed by atoms with E-state index in [-0.39, 0.29) is 22.8 Å². The molecule has 2 fully saturated rings. The van der Waals surface area contributed by atoms with Gasteiger partial charge < -0.3 is 24.6 Å². The standard InChI is InChI=1S/C23H33N3O5/c1-16-6-10-25(11-7-16)15-17-8-12-26(13-9-17)23(29)24-20-14-18(21(27)30-2)4-5-19(20)22(28)31-3/h4-5,14,16-17H,6-13,15H2,1-3H3,(H,24,29). The Kier molecular flexibility index (Phi) is 7.90. The van der Waals surface area contributed by atoms with E-state index in [1.54, 1.807) is 4.90 Å². The van der Waals surface area contributed by atoms with Gasteiger partial charge in [-0.15, -0.1) is 0 Å². The minimum atomic E-state index is -0.582. The number of benzene rings is 1. The van der Waals surface area contributed by atoms with Crippen molar-refractivity contribution in [2.24, 2.45) is 11.8 Å². The summed E-state index contributed by atoms with van der Waals surface area (Å²) in [6.45, 7) is 7.12. The van der Waals surface area contributed by atoms with Gasteiger partial charge in [0.15, 0.2) is 0 Å². The lowest BCUT2D eigenvalue weighted by Gasteiger charge is -2.37. The molecule has 8 nitrogen and oxygen atoms in total. The Bertz CT molecular complexity index is 796. The van der Waals surface area contributed by atoms with E-state index in [1.807, 2.05) is 0 Å². The van der Waals surface area contributed by atoms with E-state index in [0.717, 1.165) is 25.3 Å². The second kappa shape index (κ2) is 10.6. The number of hydrogen-bond donors (Lipinski definition) is 1. The van der Waals surface area contributed by atoms with Crippen molar-refractivity contribution in [3.8, 4) is 0 Å². The highest BCUT2D eigenvalue weighted by Gasteiger charge is 2.27. The summed E-state index contributed by atoms with van der Waals surface area (Å²) in [6, 6.07) is 4.09. The van der Waals surface area contributed by atoms with Crippen LogP contribution in [0.3, 0.4) is 0 Å². The van der Waals surface area contributed by atoms with Gasteiger partial charge in [-0.05, 0) is 68.8 Å². The number of rotatable bonds is 5. The fraction of sp³-hybridized carbons (Fsp3) is 0.609. The molecular formula is C23H33N3O5. The SMILES string of the molecule is COC(=O)c1ccc(C(=O)OC)c(NC(=O)N2CCC(CN3CCC(C)CC3)CC2)c1. The average molecular weight is 432 g/mol. The maximum absolute atomic E-state index is 12.9.